The maximum Gasteiger partial charge on any atom is 0.226 e. The van der Waals surface area contributed by atoms with Gasteiger partial charge in [0.2, 0.25) is 5.91 Å². The predicted octanol–water partition coefficient (Wildman–Crippen LogP) is 2.45. The molecule has 0 aromatic heterocycles. The normalized spacial score (nSPS) is 18.6. The van der Waals surface area contributed by atoms with Crippen molar-refractivity contribution < 1.29 is 4.79 Å². The van der Waals surface area contributed by atoms with Gasteiger partial charge >= 0.3 is 0 Å². The Balaban J connectivity index is 2.43. The smallest absolute Gasteiger partial charge is 0.226 e. The second-order valence-corrected chi connectivity index (χ2v) is 5.84. The van der Waals surface area contributed by atoms with E-state index in [-0.39, 0.29) is 5.41 Å². The molecule has 0 radical (unpaired) electrons. The third-order valence-corrected chi connectivity index (χ3v) is 3.76. The van der Waals surface area contributed by atoms with E-state index in [9.17, 15) is 4.79 Å². The third kappa shape index (κ3) is 4.30. The molecule has 3 N–H and O–H groups in total. The maximum atomic E-state index is 12.3. The van der Waals surface area contributed by atoms with Crippen molar-refractivity contribution in [2.24, 2.45) is 17.1 Å². The molecule has 0 bridgehead atoms. The minimum atomic E-state index is -0.0586. The predicted molar refractivity (Wildman–Crippen MR) is 71.7 cm³/mol. The molecule has 100 valence electrons. The Labute approximate surface area is 106 Å². The summed E-state index contributed by atoms with van der Waals surface area (Å²) in [5, 5.41) is 3.11. The highest BCUT2D eigenvalue weighted by Crippen LogP contribution is 2.43. The second-order valence-electron chi connectivity index (χ2n) is 5.84. The van der Waals surface area contributed by atoms with Gasteiger partial charge < -0.3 is 11.1 Å². The van der Waals surface area contributed by atoms with Crippen LogP contribution >= 0.6 is 0 Å². The molecule has 0 aromatic rings. The number of unbranched alkanes of at least 4 members (excludes halogenated alkanes) is 1. The zero-order valence-corrected chi connectivity index (χ0v) is 11.4. The molecule has 0 atom stereocenters. The fourth-order valence-electron chi connectivity index (χ4n) is 3.02. The molecule has 1 aliphatic carbocycles. The van der Waals surface area contributed by atoms with Crippen molar-refractivity contribution in [1.82, 2.24) is 5.32 Å². The van der Waals surface area contributed by atoms with E-state index in [1.165, 1.54) is 12.8 Å². The van der Waals surface area contributed by atoms with Crippen LogP contribution in [0.4, 0.5) is 0 Å². The van der Waals surface area contributed by atoms with Crippen LogP contribution in [0, 0.1) is 11.3 Å². The van der Waals surface area contributed by atoms with Gasteiger partial charge in [0.25, 0.3) is 0 Å². The van der Waals surface area contributed by atoms with Crippen LogP contribution in [-0.4, -0.2) is 19.0 Å². The maximum absolute atomic E-state index is 12.3. The van der Waals surface area contributed by atoms with E-state index in [1.54, 1.807) is 0 Å². The van der Waals surface area contributed by atoms with E-state index in [0.717, 1.165) is 38.6 Å². The molecule has 1 amide bonds. The second kappa shape index (κ2) is 7.00. The fourth-order valence-corrected chi connectivity index (χ4v) is 3.02. The number of carbonyl (C=O) groups excluding carboxylic acids is 1. The van der Waals surface area contributed by atoms with Gasteiger partial charge in [0.15, 0.2) is 0 Å². The van der Waals surface area contributed by atoms with Crippen molar-refractivity contribution >= 4 is 5.91 Å². The number of hydrogen-bond donors (Lipinski definition) is 2. The number of nitrogens with two attached hydrogens (primary N) is 1. The number of carbonyl (C=O) groups is 1. The zero-order chi connectivity index (χ0) is 12.7. The molecule has 17 heavy (non-hydrogen) atoms. The van der Waals surface area contributed by atoms with Crippen LogP contribution < -0.4 is 11.1 Å². The van der Waals surface area contributed by atoms with Crippen molar-refractivity contribution in [3.63, 3.8) is 0 Å². The van der Waals surface area contributed by atoms with Gasteiger partial charge in [-0.2, -0.15) is 0 Å². The van der Waals surface area contributed by atoms with E-state index in [1.807, 2.05) is 0 Å². The van der Waals surface area contributed by atoms with Crippen LogP contribution in [0.3, 0.4) is 0 Å². The van der Waals surface area contributed by atoms with Crippen LogP contribution in [0.1, 0.15) is 58.8 Å². The van der Waals surface area contributed by atoms with Gasteiger partial charge in [0.1, 0.15) is 0 Å². The third-order valence-electron chi connectivity index (χ3n) is 3.76. The summed E-state index contributed by atoms with van der Waals surface area (Å²) in [5.41, 5.74) is 5.39. The van der Waals surface area contributed by atoms with Crippen LogP contribution in [-0.2, 0) is 4.79 Å². The van der Waals surface area contributed by atoms with Gasteiger partial charge in [-0.3, -0.25) is 4.79 Å². The minimum Gasteiger partial charge on any atom is -0.356 e. The first kappa shape index (κ1) is 14.5. The van der Waals surface area contributed by atoms with Gasteiger partial charge in [0, 0.05) is 12.0 Å². The lowest BCUT2D eigenvalue weighted by atomic mass is 9.77. The number of hydrogen-bond acceptors (Lipinski definition) is 2. The summed E-state index contributed by atoms with van der Waals surface area (Å²) in [6.45, 7) is 5.92. The average Bonchev–Trinajstić information content (AvgIpc) is 2.73. The standard InChI is InChI=1S/C14H28N2O/c1-12(2)11-14(7-3-4-8-14)13(17)16-10-6-5-9-15/h12H,3-11,15H2,1-2H3,(H,16,17). The summed E-state index contributed by atoms with van der Waals surface area (Å²) in [6, 6.07) is 0. The summed E-state index contributed by atoms with van der Waals surface area (Å²) in [6.07, 6.45) is 7.61. The first-order chi connectivity index (χ1) is 8.10. The van der Waals surface area contributed by atoms with E-state index >= 15 is 0 Å². The molecule has 1 fully saturated rings. The highest BCUT2D eigenvalue weighted by molar-refractivity contribution is 5.82. The number of rotatable bonds is 7. The molecular formula is C14H28N2O. The Morgan fingerprint density at radius 2 is 1.94 bits per heavy atom. The van der Waals surface area contributed by atoms with Gasteiger partial charge in [-0.15, -0.1) is 0 Å². The minimum absolute atomic E-state index is 0.0586. The summed E-state index contributed by atoms with van der Waals surface area (Å²) in [5.74, 6) is 0.892. The van der Waals surface area contributed by atoms with E-state index in [0.29, 0.717) is 18.4 Å². The molecular weight excluding hydrogens is 212 g/mol. The van der Waals surface area contributed by atoms with Crippen molar-refractivity contribution in [2.45, 2.75) is 58.8 Å². The summed E-state index contributed by atoms with van der Waals surface area (Å²) in [4.78, 5) is 12.3. The summed E-state index contributed by atoms with van der Waals surface area (Å²) < 4.78 is 0. The molecule has 0 aromatic carbocycles. The molecule has 3 heteroatoms. The molecule has 1 aliphatic rings. The zero-order valence-electron chi connectivity index (χ0n) is 11.4. The molecule has 1 rings (SSSR count). The molecule has 0 spiro atoms. The monoisotopic (exact) mass is 240 g/mol. The highest BCUT2D eigenvalue weighted by Gasteiger charge is 2.40. The van der Waals surface area contributed by atoms with E-state index in [2.05, 4.69) is 19.2 Å². The van der Waals surface area contributed by atoms with Gasteiger partial charge in [-0.05, 0) is 44.6 Å². The van der Waals surface area contributed by atoms with Crippen molar-refractivity contribution in [1.29, 1.82) is 0 Å². The summed E-state index contributed by atoms with van der Waals surface area (Å²) in [7, 11) is 0. The molecule has 0 saturated heterocycles. The molecule has 0 heterocycles. The summed E-state index contributed by atoms with van der Waals surface area (Å²) >= 11 is 0. The van der Waals surface area contributed by atoms with Crippen molar-refractivity contribution in [3.05, 3.63) is 0 Å². The Morgan fingerprint density at radius 3 is 2.47 bits per heavy atom. The molecule has 1 saturated carbocycles. The largest absolute Gasteiger partial charge is 0.356 e. The SMILES string of the molecule is CC(C)CC1(C(=O)NCCCCN)CCCC1. The quantitative estimate of drug-likeness (QED) is 0.672. The Kier molecular flexibility index (Phi) is 5.96. The van der Waals surface area contributed by atoms with Crippen molar-refractivity contribution in [3.8, 4) is 0 Å². The fraction of sp³-hybridized carbons (Fsp3) is 0.929. The van der Waals surface area contributed by atoms with E-state index < -0.39 is 0 Å². The van der Waals surface area contributed by atoms with Crippen molar-refractivity contribution in [2.75, 3.05) is 13.1 Å². The molecule has 0 unspecified atom stereocenters. The van der Waals surface area contributed by atoms with Crippen LogP contribution in [0.15, 0.2) is 0 Å². The molecule has 0 aliphatic heterocycles. The number of nitrogens with one attached hydrogen (secondary N) is 1. The first-order valence-corrected chi connectivity index (χ1v) is 7.09. The Bertz CT molecular complexity index is 232. The van der Waals surface area contributed by atoms with Crippen LogP contribution in [0.5, 0.6) is 0 Å². The van der Waals surface area contributed by atoms with Gasteiger partial charge in [-0.25, -0.2) is 0 Å². The van der Waals surface area contributed by atoms with E-state index in [4.69, 9.17) is 5.73 Å². The highest BCUT2D eigenvalue weighted by atomic mass is 16.2. The number of amides is 1. The van der Waals surface area contributed by atoms with Gasteiger partial charge in [-0.1, -0.05) is 26.7 Å². The lowest BCUT2D eigenvalue weighted by Gasteiger charge is -2.29. The lowest BCUT2D eigenvalue weighted by Crippen LogP contribution is -2.40. The first-order valence-electron chi connectivity index (χ1n) is 7.09. The Morgan fingerprint density at radius 1 is 1.29 bits per heavy atom. The van der Waals surface area contributed by atoms with Gasteiger partial charge in [0.05, 0.1) is 0 Å². The van der Waals surface area contributed by atoms with Crippen LogP contribution in [0.2, 0.25) is 0 Å². The molecule has 3 nitrogen and oxygen atoms in total. The topological polar surface area (TPSA) is 55.1 Å². The Hall–Kier alpha value is -0.570. The lowest BCUT2D eigenvalue weighted by molar-refractivity contribution is -0.131. The van der Waals surface area contributed by atoms with Crippen LogP contribution in [0.25, 0.3) is 0 Å². The average molecular weight is 240 g/mol.